The normalized spacial score (nSPS) is 11.4. The monoisotopic (exact) mass is 394 g/mol. The number of aromatic nitrogens is 2. The zero-order valence-corrected chi connectivity index (χ0v) is 16.6. The minimum absolute atomic E-state index is 0.109. The molecule has 0 saturated carbocycles. The Morgan fingerprint density at radius 1 is 1.15 bits per heavy atom. The third-order valence-corrected chi connectivity index (χ3v) is 5.63. The highest BCUT2D eigenvalue weighted by molar-refractivity contribution is 7.89. The number of amides is 1. The lowest BCUT2D eigenvalue weighted by molar-refractivity contribution is -0.121. The zero-order valence-electron chi connectivity index (χ0n) is 15.8. The zero-order chi connectivity index (χ0) is 19.9. The van der Waals surface area contributed by atoms with E-state index in [-0.39, 0.29) is 23.9 Å². The van der Waals surface area contributed by atoms with Gasteiger partial charge in [0.2, 0.25) is 15.9 Å². The third kappa shape index (κ3) is 6.37. The molecule has 0 aliphatic carbocycles. The Morgan fingerprint density at radius 3 is 2.48 bits per heavy atom. The first-order chi connectivity index (χ1) is 12.8. The standard InChI is InChI=1S/C18H26N4O4S/c1-13-6-8-16(9-7-13)26-12-4-5-17(23)19-10-11-20-27(24,25)18-14(2)21-22-15(18)3/h6-9,20H,4-5,10-12H2,1-3H3,(H,19,23)(H,21,22). The third-order valence-electron chi connectivity index (χ3n) is 3.91. The molecular formula is C18H26N4O4S. The first-order valence-electron chi connectivity index (χ1n) is 8.77. The van der Waals surface area contributed by atoms with Crippen LogP contribution in [-0.2, 0) is 14.8 Å². The van der Waals surface area contributed by atoms with Crippen molar-refractivity contribution in [3.05, 3.63) is 41.2 Å². The maximum Gasteiger partial charge on any atom is 0.244 e. The molecule has 0 saturated heterocycles. The van der Waals surface area contributed by atoms with Gasteiger partial charge in [0.25, 0.3) is 0 Å². The van der Waals surface area contributed by atoms with Gasteiger partial charge >= 0.3 is 0 Å². The van der Waals surface area contributed by atoms with E-state index < -0.39 is 10.0 Å². The highest BCUT2D eigenvalue weighted by Gasteiger charge is 2.21. The van der Waals surface area contributed by atoms with Crippen LogP contribution in [0.25, 0.3) is 0 Å². The molecule has 0 radical (unpaired) electrons. The quantitative estimate of drug-likeness (QED) is 0.530. The molecule has 0 bridgehead atoms. The molecule has 3 N–H and O–H groups in total. The Kier molecular flexibility index (Phi) is 7.37. The van der Waals surface area contributed by atoms with Gasteiger partial charge in [-0.05, 0) is 39.3 Å². The summed E-state index contributed by atoms with van der Waals surface area (Å²) in [4.78, 5) is 12.0. The summed E-state index contributed by atoms with van der Waals surface area (Å²) >= 11 is 0. The second-order valence-corrected chi connectivity index (χ2v) is 7.98. The van der Waals surface area contributed by atoms with Crippen LogP contribution in [0, 0.1) is 20.8 Å². The largest absolute Gasteiger partial charge is 0.494 e. The minimum Gasteiger partial charge on any atom is -0.494 e. The molecule has 8 nitrogen and oxygen atoms in total. The summed E-state index contributed by atoms with van der Waals surface area (Å²) in [5, 5.41) is 9.22. The van der Waals surface area contributed by atoms with Crippen molar-refractivity contribution in [2.45, 2.75) is 38.5 Å². The van der Waals surface area contributed by atoms with E-state index in [0.717, 1.165) is 11.3 Å². The van der Waals surface area contributed by atoms with E-state index in [2.05, 4.69) is 20.2 Å². The summed E-state index contributed by atoms with van der Waals surface area (Å²) in [6.45, 7) is 6.05. The van der Waals surface area contributed by atoms with Crippen molar-refractivity contribution in [2.24, 2.45) is 0 Å². The minimum atomic E-state index is -3.65. The highest BCUT2D eigenvalue weighted by atomic mass is 32.2. The smallest absolute Gasteiger partial charge is 0.244 e. The first-order valence-corrected chi connectivity index (χ1v) is 10.3. The van der Waals surface area contributed by atoms with Crippen LogP contribution in [-0.4, -0.2) is 44.2 Å². The number of rotatable bonds is 10. The summed E-state index contributed by atoms with van der Waals surface area (Å²) < 4.78 is 32.5. The van der Waals surface area contributed by atoms with Crippen molar-refractivity contribution in [3.8, 4) is 5.75 Å². The fourth-order valence-corrected chi connectivity index (χ4v) is 3.94. The SMILES string of the molecule is Cc1ccc(OCCCC(=O)NCCNS(=O)(=O)c2c(C)n[nH]c2C)cc1. The van der Waals surface area contributed by atoms with Gasteiger partial charge in [0, 0.05) is 19.5 Å². The van der Waals surface area contributed by atoms with Crippen LogP contribution < -0.4 is 14.8 Å². The van der Waals surface area contributed by atoms with E-state index in [0.29, 0.717) is 30.8 Å². The predicted molar refractivity (Wildman–Crippen MR) is 102 cm³/mol. The Bertz CT molecular complexity index is 840. The molecule has 2 aromatic rings. The fourth-order valence-electron chi connectivity index (χ4n) is 2.54. The highest BCUT2D eigenvalue weighted by Crippen LogP contribution is 2.15. The van der Waals surface area contributed by atoms with Crippen LogP contribution >= 0.6 is 0 Å². The summed E-state index contributed by atoms with van der Waals surface area (Å²) in [7, 11) is -3.65. The summed E-state index contributed by atoms with van der Waals surface area (Å²) in [6.07, 6.45) is 0.900. The van der Waals surface area contributed by atoms with E-state index in [9.17, 15) is 13.2 Å². The van der Waals surface area contributed by atoms with Gasteiger partial charge in [-0.1, -0.05) is 17.7 Å². The molecule has 148 valence electrons. The first kappa shape index (κ1) is 20.9. The molecule has 1 amide bonds. The van der Waals surface area contributed by atoms with Gasteiger partial charge in [-0.25, -0.2) is 13.1 Å². The Balaban J connectivity index is 1.62. The number of aryl methyl sites for hydroxylation is 3. The number of ether oxygens (including phenoxy) is 1. The van der Waals surface area contributed by atoms with Crippen LogP contribution in [0.5, 0.6) is 5.75 Å². The molecule has 0 aliphatic heterocycles. The van der Waals surface area contributed by atoms with Crippen molar-refractivity contribution < 1.29 is 17.9 Å². The van der Waals surface area contributed by atoms with Gasteiger partial charge in [-0.2, -0.15) is 5.10 Å². The molecule has 1 aromatic carbocycles. The number of aromatic amines is 1. The molecule has 1 aromatic heterocycles. The molecule has 0 unspecified atom stereocenters. The molecule has 27 heavy (non-hydrogen) atoms. The summed E-state index contributed by atoms with van der Waals surface area (Å²) in [5.41, 5.74) is 2.06. The Labute approximate surface area is 159 Å². The van der Waals surface area contributed by atoms with Gasteiger partial charge < -0.3 is 10.1 Å². The van der Waals surface area contributed by atoms with Crippen molar-refractivity contribution in [1.82, 2.24) is 20.2 Å². The van der Waals surface area contributed by atoms with Gasteiger partial charge in [-0.15, -0.1) is 0 Å². The maximum absolute atomic E-state index is 12.2. The van der Waals surface area contributed by atoms with E-state index in [4.69, 9.17) is 4.74 Å². The number of hydrogen-bond donors (Lipinski definition) is 3. The van der Waals surface area contributed by atoms with Gasteiger partial charge in [-0.3, -0.25) is 9.89 Å². The average molecular weight is 394 g/mol. The lowest BCUT2D eigenvalue weighted by atomic mass is 10.2. The lowest BCUT2D eigenvalue weighted by Gasteiger charge is -2.09. The second-order valence-electron chi connectivity index (χ2n) is 6.28. The van der Waals surface area contributed by atoms with Crippen LogP contribution in [0.4, 0.5) is 0 Å². The molecule has 9 heteroatoms. The van der Waals surface area contributed by atoms with E-state index in [1.165, 1.54) is 0 Å². The molecule has 0 spiro atoms. The Hall–Kier alpha value is -2.39. The fraction of sp³-hybridized carbons (Fsp3) is 0.444. The molecular weight excluding hydrogens is 368 g/mol. The molecule has 0 fully saturated rings. The van der Waals surface area contributed by atoms with Crippen LogP contribution in [0.15, 0.2) is 29.2 Å². The van der Waals surface area contributed by atoms with Crippen LogP contribution in [0.1, 0.15) is 29.8 Å². The topological polar surface area (TPSA) is 113 Å². The number of sulfonamides is 1. The van der Waals surface area contributed by atoms with E-state index in [1.54, 1.807) is 13.8 Å². The number of nitrogens with zero attached hydrogens (tertiary/aromatic N) is 1. The predicted octanol–water partition coefficient (Wildman–Crippen LogP) is 1.59. The van der Waals surface area contributed by atoms with Crippen molar-refractivity contribution in [1.29, 1.82) is 0 Å². The molecule has 0 atom stereocenters. The van der Waals surface area contributed by atoms with E-state index >= 15 is 0 Å². The molecule has 0 aliphatic rings. The van der Waals surface area contributed by atoms with Gasteiger partial charge in [0.05, 0.1) is 18.0 Å². The lowest BCUT2D eigenvalue weighted by Crippen LogP contribution is -2.35. The summed E-state index contributed by atoms with van der Waals surface area (Å²) in [5.74, 6) is 0.637. The van der Waals surface area contributed by atoms with Crippen molar-refractivity contribution in [2.75, 3.05) is 19.7 Å². The van der Waals surface area contributed by atoms with Crippen molar-refractivity contribution in [3.63, 3.8) is 0 Å². The van der Waals surface area contributed by atoms with Gasteiger partial charge in [0.15, 0.2) is 0 Å². The summed E-state index contributed by atoms with van der Waals surface area (Å²) in [6, 6.07) is 7.72. The Morgan fingerprint density at radius 2 is 1.85 bits per heavy atom. The number of carbonyl (C=O) groups excluding carboxylic acids is 1. The number of carbonyl (C=O) groups is 1. The number of hydrogen-bond acceptors (Lipinski definition) is 5. The maximum atomic E-state index is 12.2. The molecule has 1 heterocycles. The molecule has 2 rings (SSSR count). The number of nitrogens with one attached hydrogen (secondary N) is 3. The van der Waals surface area contributed by atoms with Crippen LogP contribution in [0.2, 0.25) is 0 Å². The number of benzene rings is 1. The van der Waals surface area contributed by atoms with Gasteiger partial charge in [0.1, 0.15) is 10.6 Å². The van der Waals surface area contributed by atoms with Crippen molar-refractivity contribution >= 4 is 15.9 Å². The van der Waals surface area contributed by atoms with Crippen LogP contribution in [0.3, 0.4) is 0 Å². The second kappa shape index (κ2) is 9.52. The average Bonchev–Trinajstić information content (AvgIpc) is 2.96. The number of H-pyrrole nitrogens is 1. The van der Waals surface area contributed by atoms with E-state index in [1.807, 2.05) is 31.2 Å².